The quantitative estimate of drug-likeness (QED) is 0.364. The topological polar surface area (TPSA) is 59.6 Å². The van der Waals surface area contributed by atoms with E-state index < -0.39 is 0 Å². The van der Waals surface area contributed by atoms with Crippen molar-refractivity contribution in [2.75, 3.05) is 30.4 Å². The van der Waals surface area contributed by atoms with Gasteiger partial charge >= 0.3 is 0 Å². The van der Waals surface area contributed by atoms with Crippen LogP contribution in [0.15, 0.2) is 97.1 Å². The number of fused-ring (bicyclic) bond motifs is 1. The molecule has 0 aromatic heterocycles. The smallest absolute Gasteiger partial charge is 0.243 e. The van der Waals surface area contributed by atoms with Crippen molar-refractivity contribution in [1.29, 1.82) is 0 Å². The molecule has 0 saturated carbocycles. The third kappa shape index (κ3) is 5.54. The molecule has 0 aliphatic heterocycles. The average Bonchev–Trinajstić information content (AvgIpc) is 2.82. The highest BCUT2D eigenvalue weighted by Gasteiger charge is 2.08. The number of hydrogen-bond donors (Lipinski definition) is 2. The summed E-state index contributed by atoms with van der Waals surface area (Å²) in [7, 11) is 0. The number of nitrogens with one attached hydrogen (secondary N) is 2. The fourth-order valence-electron chi connectivity index (χ4n) is 3.27. The molecule has 31 heavy (non-hydrogen) atoms. The lowest BCUT2D eigenvalue weighted by molar-refractivity contribution is -0.114. The SMILES string of the molecule is O=C(CNc1ccccc1OCCOc1ccccc1)Nc1cccc2ccccc12. The summed E-state index contributed by atoms with van der Waals surface area (Å²) in [5, 5.41) is 8.25. The third-order valence-corrected chi connectivity index (χ3v) is 4.74. The van der Waals surface area contributed by atoms with Crippen LogP contribution in [0.5, 0.6) is 11.5 Å². The lowest BCUT2D eigenvalue weighted by Gasteiger charge is -2.14. The van der Waals surface area contributed by atoms with Crippen molar-refractivity contribution in [2.45, 2.75) is 0 Å². The van der Waals surface area contributed by atoms with Gasteiger partial charge in [-0.3, -0.25) is 4.79 Å². The number of carbonyl (C=O) groups is 1. The normalized spacial score (nSPS) is 10.5. The molecular formula is C26H24N2O3. The van der Waals surface area contributed by atoms with Crippen LogP contribution in [0.1, 0.15) is 0 Å². The summed E-state index contributed by atoms with van der Waals surface area (Å²) in [6.45, 7) is 0.958. The Morgan fingerprint density at radius 2 is 1.35 bits per heavy atom. The number of rotatable bonds is 9. The Morgan fingerprint density at radius 3 is 2.26 bits per heavy atom. The molecule has 0 unspecified atom stereocenters. The molecule has 0 saturated heterocycles. The molecule has 4 rings (SSSR count). The fraction of sp³-hybridized carbons (Fsp3) is 0.115. The van der Waals surface area contributed by atoms with Gasteiger partial charge in [-0.1, -0.05) is 66.7 Å². The van der Waals surface area contributed by atoms with E-state index in [-0.39, 0.29) is 12.5 Å². The Kier molecular flexibility index (Phi) is 6.65. The van der Waals surface area contributed by atoms with Gasteiger partial charge in [0.25, 0.3) is 0 Å². The second kappa shape index (κ2) is 10.2. The fourth-order valence-corrected chi connectivity index (χ4v) is 3.27. The maximum Gasteiger partial charge on any atom is 0.243 e. The minimum atomic E-state index is -0.126. The summed E-state index contributed by atoms with van der Waals surface area (Å²) in [6.07, 6.45) is 0. The molecule has 0 radical (unpaired) electrons. The van der Waals surface area contributed by atoms with Crippen molar-refractivity contribution in [3.05, 3.63) is 97.1 Å². The number of ether oxygens (including phenoxy) is 2. The summed E-state index contributed by atoms with van der Waals surface area (Å²) < 4.78 is 11.5. The Labute approximate surface area is 181 Å². The minimum absolute atomic E-state index is 0.126. The monoisotopic (exact) mass is 412 g/mol. The van der Waals surface area contributed by atoms with Gasteiger partial charge in [0.1, 0.15) is 24.7 Å². The second-order valence-electron chi connectivity index (χ2n) is 6.93. The van der Waals surface area contributed by atoms with Gasteiger partial charge in [-0.25, -0.2) is 0 Å². The van der Waals surface area contributed by atoms with E-state index >= 15 is 0 Å². The van der Waals surface area contributed by atoms with Crippen LogP contribution in [0.2, 0.25) is 0 Å². The lowest BCUT2D eigenvalue weighted by atomic mass is 10.1. The number of hydrogen-bond acceptors (Lipinski definition) is 4. The molecule has 0 aliphatic carbocycles. The molecule has 0 heterocycles. The van der Waals surface area contributed by atoms with Gasteiger partial charge < -0.3 is 20.1 Å². The first kappa shape index (κ1) is 20.3. The van der Waals surface area contributed by atoms with E-state index in [0.717, 1.165) is 27.9 Å². The van der Waals surface area contributed by atoms with Gasteiger partial charge in [0.15, 0.2) is 0 Å². The van der Waals surface area contributed by atoms with Gasteiger partial charge in [0, 0.05) is 11.1 Å². The van der Waals surface area contributed by atoms with Crippen molar-refractivity contribution in [3.63, 3.8) is 0 Å². The molecule has 4 aromatic carbocycles. The maximum absolute atomic E-state index is 12.5. The van der Waals surface area contributed by atoms with Crippen molar-refractivity contribution >= 4 is 28.1 Å². The highest BCUT2D eigenvalue weighted by atomic mass is 16.5. The van der Waals surface area contributed by atoms with Gasteiger partial charge in [-0.2, -0.15) is 0 Å². The van der Waals surface area contributed by atoms with E-state index in [9.17, 15) is 4.79 Å². The summed E-state index contributed by atoms with van der Waals surface area (Å²) in [6, 6.07) is 31.0. The van der Waals surface area contributed by atoms with Gasteiger partial charge in [-0.05, 0) is 35.7 Å². The molecule has 0 spiro atoms. The molecule has 0 atom stereocenters. The molecule has 0 bridgehead atoms. The number of benzene rings is 4. The molecule has 0 fully saturated rings. The highest BCUT2D eigenvalue weighted by Crippen LogP contribution is 2.25. The Balaban J connectivity index is 1.30. The maximum atomic E-state index is 12.5. The molecule has 5 nitrogen and oxygen atoms in total. The van der Waals surface area contributed by atoms with Crippen LogP contribution in [0.3, 0.4) is 0 Å². The van der Waals surface area contributed by atoms with E-state index in [0.29, 0.717) is 19.0 Å². The summed E-state index contributed by atoms with van der Waals surface area (Å²) in [4.78, 5) is 12.5. The lowest BCUT2D eigenvalue weighted by Crippen LogP contribution is -2.22. The van der Waals surface area contributed by atoms with Crippen molar-refractivity contribution in [1.82, 2.24) is 0 Å². The summed E-state index contributed by atoms with van der Waals surface area (Å²) in [5.41, 5.74) is 1.56. The second-order valence-corrected chi connectivity index (χ2v) is 6.93. The van der Waals surface area contributed by atoms with Gasteiger partial charge in [0.05, 0.1) is 12.2 Å². The predicted octanol–water partition coefficient (Wildman–Crippen LogP) is 5.35. The number of anilines is 2. The van der Waals surface area contributed by atoms with Crippen molar-refractivity contribution in [3.8, 4) is 11.5 Å². The zero-order valence-electron chi connectivity index (χ0n) is 17.1. The zero-order chi connectivity index (χ0) is 21.3. The predicted molar refractivity (Wildman–Crippen MR) is 125 cm³/mol. The van der Waals surface area contributed by atoms with E-state index in [1.165, 1.54) is 0 Å². The van der Waals surface area contributed by atoms with E-state index in [2.05, 4.69) is 10.6 Å². The molecular weight excluding hydrogens is 388 g/mol. The molecule has 0 aliphatic rings. The van der Waals surface area contributed by atoms with E-state index in [4.69, 9.17) is 9.47 Å². The molecule has 5 heteroatoms. The first-order valence-corrected chi connectivity index (χ1v) is 10.2. The zero-order valence-corrected chi connectivity index (χ0v) is 17.1. The van der Waals surface area contributed by atoms with Gasteiger partial charge in [-0.15, -0.1) is 0 Å². The molecule has 2 N–H and O–H groups in total. The van der Waals surface area contributed by atoms with Crippen LogP contribution in [0.4, 0.5) is 11.4 Å². The largest absolute Gasteiger partial charge is 0.490 e. The number of carbonyl (C=O) groups excluding carboxylic acids is 1. The Hall–Kier alpha value is -3.99. The Morgan fingerprint density at radius 1 is 0.677 bits per heavy atom. The average molecular weight is 412 g/mol. The molecule has 156 valence electrons. The summed E-state index contributed by atoms with van der Waals surface area (Å²) >= 11 is 0. The number of para-hydroxylation sites is 3. The van der Waals surface area contributed by atoms with Crippen molar-refractivity contribution in [2.24, 2.45) is 0 Å². The molecule has 1 amide bonds. The van der Waals surface area contributed by atoms with Crippen LogP contribution >= 0.6 is 0 Å². The van der Waals surface area contributed by atoms with E-state index in [1.807, 2.05) is 97.1 Å². The number of amides is 1. The molecule has 4 aromatic rings. The van der Waals surface area contributed by atoms with Crippen LogP contribution in [-0.2, 0) is 4.79 Å². The minimum Gasteiger partial charge on any atom is -0.490 e. The Bertz CT molecular complexity index is 1140. The van der Waals surface area contributed by atoms with Crippen LogP contribution in [0, 0.1) is 0 Å². The van der Waals surface area contributed by atoms with Crippen LogP contribution < -0.4 is 20.1 Å². The van der Waals surface area contributed by atoms with Gasteiger partial charge in [0.2, 0.25) is 5.91 Å². The standard InChI is InChI=1S/C26H24N2O3/c29-26(28-23-15-8-10-20-9-4-5-13-22(20)23)19-27-24-14-6-7-16-25(24)31-18-17-30-21-11-2-1-3-12-21/h1-16,27H,17-19H2,(H,28,29). The van der Waals surface area contributed by atoms with Crippen molar-refractivity contribution < 1.29 is 14.3 Å². The first-order chi connectivity index (χ1) is 15.3. The highest BCUT2D eigenvalue weighted by molar-refractivity contribution is 6.03. The van der Waals surface area contributed by atoms with Crippen LogP contribution in [-0.4, -0.2) is 25.7 Å². The first-order valence-electron chi connectivity index (χ1n) is 10.2. The third-order valence-electron chi connectivity index (χ3n) is 4.74. The summed E-state index contributed by atoms with van der Waals surface area (Å²) in [5.74, 6) is 1.36. The van der Waals surface area contributed by atoms with E-state index in [1.54, 1.807) is 0 Å². The van der Waals surface area contributed by atoms with Crippen LogP contribution in [0.25, 0.3) is 10.8 Å².